The van der Waals surface area contributed by atoms with Gasteiger partial charge in [0.15, 0.2) is 16.8 Å². The van der Waals surface area contributed by atoms with Crippen LogP contribution >= 0.6 is 0 Å². The van der Waals surface area contributed by atoms with Crippen molar-refractivity contribution in [2.75, 3.05) is 9.80 Å². The molecule has 2 aromatic heterocycles. The van der Waals surface area contributed by atoms with Crippen LogP contribution in [0.3, 0.4) is 0 Å². The van der Waals surface area contributed by atoms with E-state index in [1.165, 1.54) is 17.0 Å². The molecule has 0 radical (unpaired) electrons. The lowest BCUT2D eigenvalue weighted by Gasteiger charge is -2.32. The Labute approximate surface area is 220 Å². The molecule has 1 atom stereocenters. The van der Waals surface area contributed by atoms with E-state index in [0.29, 0.717) is 17.0 Å². The number of rotatable bonds is 3. The highest BCUT2D eigenvalue weighted by molar-refractivity contribution is 6.24. The van der Waals surface area contributed by atoms with Gasteiger partial charge in [-0.05, 0) is 43.7 Å². The predicted molar refractivity (Wildman–Crippen MR) is 140 cm³/mol. The van der Waals surface area contributed by atoms with Crippen LogP contribution < -0.4 is 15.2 Å². The van der Waals surface area contributed by atoms with Gasteiger partial charge < -0.3 is 13.8 Å². The standard InChI is InChI=1S/C30H20FN3O5/c1-16-7-9-18(10-8-16)15-33-22-6-4-3-5-21(22)30(29(33)37)25-26(35)20-14-19(31)11-12-23(20)38-27(25)28(36)34(30)24-13-17(2)39-32-24/h3-14H,15H2,1-2H3. The lowest BCUT2D eigenvalue weighted by molar-refractivity contribution is -0.121. The molecule has 1 unspecified atom stereocenters. The molecule has 0 N–H and O–H groups in total. The molecule has 7 rings (SSSR count). The molecule has 8 nitrogen and oxygen atoms in total. The van der Waals surface area contributed by atoms with E-state index in [0.717, 1.165) is 23.3 Å². The van der Waals surface area contributed by atoms with E-state index < -0.39 is 28.6 Å². The molecule has 0 fully saturated rings. The van der Waals surface area contributed by atoms with E-state index in [2.05, 4.69) is 5.16 Å². The maximum absolute atomic E-state index is 14.7. The number of carbonyl (C=O) groups is 2. The number of aryl methyl sites for hydroxylation is 2. The van der Waals surface area contributed by atoms with Crippen molar-refractivity contribution in [2.24, 2.45) is 0 Å². The molecule has 0 saturated heterocycles. The summed E-state index contributed by atoms with van der Waals surface area (Å²) in [5, 5.41) is 3.98. The molecule has 2 aliphatic rings. The molecule has 192 valence electrons. The van der Waals surface area contributed by atoms with Crippen LogP contribution in [0, 0.1) is 19.7 Å². The Hall–Kier alpha value is -5.05. The van der Waals surface area contributed by atoms with Gasteiger partial charge in [0.2, 0.25) is 5.76 Å². The molecule has 5 aromatic rings. The lowest BCUT2D eigenvalue weighted by atomic mass is 9.84. The zero-order chi connectivity index (χ0) is 27.1. The van der Waals surface area contributed by atoms with Crippen molar-refractivity contribution in [2.45, 2.75) is 25.9 Å². The second-order valence-corrected chi connectivity index (χ2v) is 9.82. The normalized spacial score (nSPS) is 17.9. The Kier molecular flexibility index (Phi) is 4.72. The van der Waals surface area contributed by atoms with Gasteiger partial charge in [0.25, 0.3) is 11.8 Å². The largest absolute Gasteiger partial charge is 0.450 e. The highest BCUT2D eigenvalue weighted by atomic mass is 19.1. The average molecular weight is 522 g/mol. The Morgan fingerprint density at radius 2 is 1.72 bits per heavy atom. The maximum Gasteiger partial charge on any atom is 0.297 e. The number of hydrogen-bond donors (Lipinski definition) is 0. The van der Waals surface area contributed by atoms with Crippen LogP contribution in [0.1, 0.15) is 38.6 Å². The first-order valence-electron chi connectivity index (χ1n) is 12.3. The minimum atomic E-state index is -1.93. The van der Waals surface area contributed by atoms with Gasteiger partial charge in [-0.1, -0.05) is 53.2 Å². The van der Waals surface area contributed by atoms with Crippen molar-refractivity contribution >= 4 is 34.3 Å². The fourth-order valence-electron chi connectivity index (χ4n) is 5.67. The van der Waals surface area contributed by atoms with Gasteiger partial charge in [-0.25, -0.2) is 4.39 Å². The zero-order valence-electron chi connectivity index (χ0n) is 20.9. The summed E-state index contributed by atoms with van der Waals surface area (Å²) >= 11 is 0. The summed E-state index contributed by atoms with van der Waals surface area (Å²) < 4.78 is 25.5. The molecule has 2 amide bonds. The van der Waals surface area contributed by atoms with Crippen molar-refractivity contribution in [3.05, 3.63) is 123 Å². The number of anilines is 2. The van der Waals surface area contributed by atoms with E-state index in [1.54, 1.807) is 36.1 Å². The van der Waals surface area contributed by atoms with Crippen molar-refractivity contribution in [3.63, 3.8) is 0 Å². The Morgan fingerprint density at radius 1 is 0.949 bits per heavy atom. The van der Waals surface area contributed by atoms with Gasteiger partial charge in [0, 0.05) is 11.6 Å². The average Bonchev–Trinajstić information content (AvgIpc) is 3.54. The fraction of sp³-hybridized carbons (Fsp3) is 0.133. The summed E-state index contributed by atoms with van der Waals surface area (Å²) in [5.74, 6) is -1.72. The first-order valence-corrected chi connectivity index (χ1v) is 12.3. The molecule has 0 aliphatic carbocycles. The quantitative estimate of drug-likeness (QED) is 0.332. The maximum atomic E-state index is 14.7. The molecule has 39 heavy (non-hydrogen) atoms. The minimum absolute atomic E-state index is 0.0390. The highest BCUT2D eigenvalue weighted by Gasteiger charge is 2.66. The minimum Gasteiger partial charge on any atom is -0.450 e. The number of halogens is 1. The van der Waals surface area contributed by atoms with Crippen LogP contribution in [0.4, 0.5) is 15.9 Å². The van der Waals surface area contributed by atoms with Gasteiger partial charge in [-0.15, -0.1) is 0 Å². The lowest BCUT2D eigenvalue weighted by Crippen LogP contribution is -2.53. The first kappa shape index (κ1) is 23.1. The molecular formula is C30H20FN3O5. The Bertz CT molecular complexity index is 1910. The third kappa shape index (κ3) is 3.04. The Morgan fingerprint density at radius 3 is 2.46 bits per heavy atom. The second-order valence-electron chi connectivity index (χ2n) is 9.82. The number of amides is 2. The molecule has 3 aromatic carbocycles. The second kappa shape index (κ2) is 7.97. The summed E-state index contributed by atoms with van der Waals surface area (Å²) in [6.07, 6.45) is 0. The molecule has 1 spiro atoms. The molecule has 4 heterocycles. The van der Waals surface area contributed by atoms with Crippen molar-refractivity contribution < 1.29 is 22.9 Å². The van der Waals surface area contributed by atoms with E-state index in [1.807, 2.05) is 31.2 Å². The van der Waals surface area contributed by atoms with Gasteiger partial charge in [0.1, 0.15) is 17.2 Å². The smallest absolute Gasteiger partial charge is 0.297 e. The molecule has 9 heteroatoms. The summed E-state index contributed by atoms with van der Waals surface area (Å²) in [7, 11) is 0. The first-order chi connectivity index (χ1) is 18.8. The van der Waals surface area contributed by atoms with Crippen LogP contribution in [0.2, 0.25) is 0 Å². The molecule has 0 bridgehead atoms. The van der Waals surface area contributed by atoms with Crippen LogP contribution in [0.25, 0.3) is 11.0 Å². The Balaban J connectivity index is 1.56. The topological polar surface area (TPSA) is 96.9 Å². The number of hydrogen-bond acceptors (Lipinski definition) is 6. The van der Waals surface area contributed by atoms with E-state index >= 15 is 0 Å². The molecule has 0 saturated carbocycles. The predicted octanol–water partition coefficient (Wildman–Crippen LogP) is 4.99. The third-order valence-corrected chi connectivity index (χ3v) is 7.39. The number of benzene rings is 3. The van der Waals surface area contributed by atoms with Crippen molar-refractivity contribution in [1.29, 1.82) is 0 Å². The molecular weight excluding hydrogens is 501 g/mol. The van der Waals surface area contributed by atoms with Gasteiger partial charge in [-0.2, -0.15) is 0 Å². The summed E-state index contributed by atoms with van der Waals surface area (Å²) in [4.78, 5) is 45.6. The van der Waals surface area contributed by atoms with Crippen LogP contribution in [-0.2, 0) is 16.9 Å². The summed E-state index contributed by atoms with van der Waals surface area (Å²) in [5.41, 5.74) is 0.155. The van der Waals surface area contributed by atoms with E-state index in [-0.39, 0.29) is 34.7 Å². The molecule has 2 aliphatic heterocycles. The SMILES string of the molecule is Cc1ccc(CN2C(=O)C3(c4ccccc42)c2c(oc4ccc(F)cc4c2=O)C(=O)N3c2cc(C)on2)cc1. The summed E-state index contributed by atoms with van der Waals surface area (Å²) in [6.45, 7) is 3.83. The van der Waals surface area contributed by atoms with Crippen LogP contribution in [-0.4, -0.2) is 17.0 Å². The monoisotopic (exact) mass is 521 g/mol. The van der Waals surface area contributed by atoms with Gasteiger partial charge in [0.05, 0.1) is 23.2 Å². The van der Waals surface area contributed by atoms with Gasteiger partial charge in [-0.3, -0.25) is 19.3 Å². The number of nitrogens with zero attached hydrogens (tertiary/aromatic N) is 3. The number of para-hydroxylation sites is 1. The van der Waals surface area contributed by atoms with Crippen LogP contribution in [0.5, 0.6) is 0 Å². The highest BCUT2D eigenvalue weighted by Crippen LogP contribution is 2.54. The zero-order valence-corrected chi connectivity index (χ0v) is 20.9. The fourth-order valence-corrected chi connectivity index (χ4v) is 5.67. The number of aromatic nitrogens is 1. The van der Waals surface area contributed by atoms with Crippen molar-refractivity contribution in [3.8, 4) is 0 Å². The van der Waals surface area contributed by atoms with Gasteiger partial charge >= 0.3 is 0 Å². The number of fused-ring (bicyclic) bond motifs is 5. The van der Waals surface area contributed by atoms with Crippen molar-refractivity contribution in [1.82, 2.24) is 5.16 Å². The number of carbonyl (C=O) groups excluding carboxylic acids is 2. The van der Waals surface area contributed by atoms with E-state index in [9.17, 15) is 18.8 Å². The van der Waals surface area contributed by atoms with E-state index in [4.69, 9.17) is 8.94 Å². The van der Waals surface area contributed by atoms with Crippen LogP contribution in [0.15, 0.2) is 86.5 Å². The summed E-state index contributed by atoms with van der Waals surface area (Å²) in [6, 6.07) is 19.8. The third-order valence-electron chi connectivity index (χ3n) is 7.39.